The molecule has 0 aliphatic carbocycles. The lowest BCUT2D eigenvalue weighted by Crippen LogP contribution is -1.66. The molecule has 0 amide bonds. The summed E-state index contributed by atoms with van der Waals surface area (Å²) in [5, 5.41) is 1.77. The quantitative estimate of drug-likeness (QED) is 0.692. The van der Waals surface area contributed by atoms with E-state index in [0.717, 1.165) is 19.7 Å². The first-order chi connectivity index (χ1) is 5.29. The number of nitrogens with zero attached hydrogens (tertiary/aromatic N) is 1. The Labute approximate surface area is 81.3 Å². The third kappa shape index (κ3) is 1.17. The Hall–Kier alpha value is -0.120. The molecule has 0 saturated carbocycles. The van der Waals surface area contributed by atoms with Gasteiger partial charge in [-0.3, -0.25) is 0 Å². The summed E-state index contributed by atoms with van der Waals surface area (Å²) in [6, 6.07) is 5.79. The highest BCUT2D eigenvalue weighted by Gasteiger charge is 2.05. The van der Waals surface area contributed by atoms with Crippen LogP contribution >= 0.6 is 39.1 Å². The van der Waals surface area contributed by atoms with E-state index in [1.807, 2.05) is 18.2 Å². The Morgan fingerprint density at radius 3 is 3.00 bits per heavy atom. The molecule has 0 radical (unpaired) electrons. The summed E-state index contributed by atoms with van der Waals surface area (Å²) in [6.07, 6.45) is 0. The maximum atomic E-state index is 5.94. The highest BCUT2D eigenvalue weighted by atomic mass is 79.9. The van der Waals surface area contributed by atoms with E-state index in [0.29, 0.717) is 0 Å². The van der Waals surface area contributed by atoms with E-state index in [1.54, 1.807) is 0 Å². The molecule has 0 aliphatic heterocycles. The fourth-order valence-corrected chi connectivity index (χ4v) is 2.83. The van der Waals surface area contributed by atoms with Crippen LogP contribution < -0.4 is 0 Å². The number of aromatic nitrogens is 1. The van der Waals surface area contributed by atoms with Gasteiger partial charge >= 0.3 is 0 Å². The topological polar surface area (TPSA) is 12.9 Å². The lowest BCUT2D eigenvalue weighted by atomic mass is 10.3. The first kappa shape index (κ1) is 7.53. The van der Waals surface area contributed by atoms with Crippen molar-refractivity contribution >= 4 is 49.1 Å². The highest BCUT2D eigenvalue weighted by Crippen LogP contribution is 2.32. The van der Waals surface area contributed by atoms with Crippen molar-refractivity contribution in [3.05, 3.63) is 27.8 Å². The predicted octanol–water partition coefficient (Wildman–Crippen LogP) is 3.71. The second kappa shape index (κ2) is 2.73. The lowest BCUT2D eigenvalue weighted by Gasteiger charge is -1.90. The van der Waals surface area contributed by atoms with E-state index in [-0.39, 0.29) is 0 Å². The van der Waals surface area contributed by atoms with Gasteiger partial charge in [0.05, 0.1) is 9.72 Å². The summed E-state index contributed by atoms with van der Waals surface area (Å²) in [6.45, 7) is 0. The Bertz CT molecular complexity index is 398. The molecule has 0 bridgehead atoms. The molecule has 1 aromatic heterocycles. The number of hydrogen-bond donors (Lipinski definition) is 0. The Morgan fingerprint density at radius 1 is 1.45 bits per heavy atom. The smallest absolute Gasteiger partial charge is 0.129 e. The maximum Gasteiger partial charge on any atom is 0.129 e. The van der Waals surface area contributed by atoms with Gasteiger partial charge in [0.1, 0.15) is 4.60 Å². The van der Waals surface area contributed by atoms with E-state index in [9.17, 15) is 0 Å². The van der Waals surface area contributed by atoms with Crippen molar-refractivity contribution in [3.8, 4) is 0 Å². The first-order valence-corrected chi connectivity index (χ1v) is 4.93. The molecule has 1 aromatic carbocycles. The molecule has 2 aromatic rings. The minimum Gasteiger partial charge on any atom is -0.184 e. The van der Waals surface area contributed by atoms with Crippen LogP contribution in [-0.4, -0.2) is 4.37 Å². The Kier molecular flexibility index (Phi) is 1.87. The van der Waals surface area contributed by atoms with Gasteiger partial charge in [-0.05, 0) is 39.6 Å². The Balaban J connectivity index is 2.96. The van der Waals surface area contributed by atoms with Gasteiger partial charge in [-0.1, -0.05) is 17.7 Å². The van der Waals surface area contributed by atoms with Gasteiger partial charge in [-0.15, -0.1) is 0 Å². The summed E-state index contributed by atoms with van der Waals surface area (Å²) < 4.78 is 6.08. The molecule has 1 nitrogen and oxygen atoms in total. The van der Waals surface area contributed by atoms with Crippen molar-refractivity contribution in [1.29, 1.82) is 0 Å². The summed E-state index contributed by atoms with van der Waals surface area (Å²) in [4.78, 5) is 0. The number of rotatable bonds is 0. The maximum absolute atomic E-state index is 5.94. The molecule has 0 unspecified atom stereocenters. The zero-order valence-electron chi connectivity index (χ0n) is 5.34. The van der Waals surface area contributed by atoms with Gasteiger partial charge in [0.15, 0.2) is 0 Å². The summed E-state index contributed by atoms with van der Waals surface area (Å²) in [7, 11) is 0. The molecule has 0 aliphatic rings. The van der Waals surface area contributed by atoms with Gasteiger partial charge in [0.2, 0.25) is 0 Å². The molecular weight excluding hydrogens is 246 g/mol. The van der Waals surface area contributed by atoms with E-state index in [2.05, 4.69) is 20.3 Å². The van der Waals surface area contributed by atoms with Crippen LogP contribution in [0.5, 0.6) is 0 Å². The molecule has 0 atom stereocenters. The van der Waals surface area contributed by atoms with E-state index in [4.69, 9.17) is 11.6 Å². The van der Waals surface area contributed by atoms with Crippen molar-refractivity contribution in [2.24, 2.45) is 0 Å². The van der Waals surface area contributed by atoms with Crippen LogP contribution in [0, 0.1) is 0 Å². The number of halogens is 2. The van der Waals surface area contributed by atoms with E-state index >= 15 is 0 Å². The molecule has 0 saturated heterocycles. The van der Waals surface area contributed by atoms with Crippen LogP contribution in [-0.2, 0) is 0 Å². The van der Waals surface area contributed by atoms with E-state index in [1.165, 1.54) is 11.5 Å². The minimum atomic E-state index is 0.753. The van der Waals surface area contributed by atoms with Crippen LogP contribution in [0.4, 0.5) is 0 Å². The Morgan fingerprint density at radius 2 is 2.27 bits per heavy atom. The molecule has 0 spiro atoms. The van der Waals surface area contributed by atoms with Crippen LogP contribution in [0.2, 0.25) is 5.02 Å². The second-order valence-electron chi connectivity index (χ2n) is 2.09. The largest absolute Gasteiger partial charge is 0.184 e. The van der Waals surface area contributed by atoms with Crippen LogP contribution in [0.1, 0.15) is 0 Å². The number of benzene rings is 1. The first-order valence-electron chi connectivity index (χ1n) is 2.98. The van der Waals surface area contributed by atoms with Crippen LogP contribution in [0.15, 0.2) is 22.8 Å². The van der Waals surface area contributed by atoms with E-state index < -0.39 is 0 Å². The molecular formula is C7H3BrClNS. The molecule has 2 rings (SSSR count). The summed E-state index contributed by atoms with van der Waals surface area (Å²) >= 11 is 10.7. The summed E-state index contributed by atoms with van der Waals surface area (Å²) in [5.74, 6) is 0. The van der Waals surface area contributed by atoms with Gasteiger partial charge < -0.3 is 0 Å². The standard InChI is InChI=1S/C7H3BrClNS/c8-7-6-4(9)2-1-3-5(6)11-10-7/h1-3H. The molecule has 1 heterocycles. The molecule has 0 fully saturated rings. The number of fused-ring (bicyclic) bond motifs is 1. The van der Waals surface area contributed by atoms with Gasteiger partial charge in [0, 0.05) is 5.39 Å². The lowest BCUT2D eigenvalue weighted by molar-refractivity contribution is 1.53. The monoisotopic (exact) mass is 247 g/mol. The van der Waals surface area contributed by atoms with Crippen molar-refractivity contribution in [1.82, 2.24) is 4.37 Å². The fourth-order valence-electron chi connectivity index (χ4n) is 0.916. The van der Waals surface area contributed by atoms with Gasteiger partial charge in [-0.25, -0.2) is 0 Å². The summed E-state index contributed by atoms with van der Waals surface area (Å²) in [5.41, 5.74) is 0. The highest BCUT2D eigenvalue weighted by molar-refractivity contribution is 9.10. The third-order valence-corrected chi connectivity index (χ3v) is 3.34. The number of hydrogen-bond acceptors (Lipinski definition) is 2. The zero-order chi connectivity index (χ0) is 7.84. The van der Waals surface area contributed by atoms with Crippen LogP contribution in [0.25, 0.3) is 10.1 Å². The van der Waals surface area contributed by atoms with Gasteiger partial charge in [0.25, 0.3) is 0 Å². The minimum absolute atomic E-state index is 0.753. The SMILES string of the molecule is Clc1cccc2snc(Br)c12. The average molecular weight is 249 g/mol. The fraction of sp³-hybridized carbons (Fsp3) is 0. The predicted molar refractivity (Wildman–Crippen MR) is 52.3 cm³/mol. The van der Waals surface area contributed by atoms with Crippen molar-refractivity contribution < 1.29 is 0 Å². The van der Waals surface area contributed by atoms with Crippen molar-refractivity contribution in [3.63, 3.8) is 0 Å². The normalized spacial score (nSPS) is 10.7. The van der Waals surface area contributed by atoms with Gasteiger partial charge in [-0.2, -0.15) is 4.37 Å². The van der Waals surface area contributed by atoms with Crippen molar-refractivity contribution in [2.75, 3.05) is 0 Å². The molecule has 4 heteroatoms. The molecule has 56 valence electrons. The molecule has 11 heavy (non-hydrogen) atoms. The second-order valence-corrected chi connectivity index (χ2v) is 4.05. The third-order valence-electron chi connectivity index (χ3n) is 1.41. The average Bonchev–Trinajstić information content (AvgIpc) is 2.34. The zero-order valence-corrected chi connectivity index (χ0v) is 8.50. The molecule has 0 N–H and O–H groups in total. The van der Waals surface area contributed by atoms with Crippen molar-refractivity contribution in [2.45, 2.75) is 0 Å². The van der Waals surface area contributed by atoms with Crippen LogP contribution in [0.3, 0.4) is 0 Å².